The van der Waals surface area contributed by atoms with E-state index in [1.54, 1.807) is 0 Å². The summed E-state index contributed by atoms with van der Waals surface area (Å²) < 4.78 is 41.4. The fraction of sp³-hybridized carbons (Fsp3) is 0.692. The van der Waals surface area contributed by atoms with E-state index in [-0.39, 0.29) is 49.5 Å². The number of nitrogens with one attached hydrogen (secondary N) is 2. The summed E-state index contributed by atoms with van der Waals surface area (Å²) in [5.41, 5.74) is 0. The first-order valence-corrected chi connectivity index (χ1v) is 13.0. The number of likely N-dealkylation sites (tertiary alicyclic amines) is 1. The number of allylic oxidation sites excluding steroid dienone is 4. The molecule has 2 aliphatic heterocycles. The molecule has 0 aromatic carbocycles. The van der Waals surface area contributed by atoms with Gasteiger partial charge in [0.05, 0.1) is 6.04 Å². The molecule has 2 heterocycles. The van der Waals surface area contributed by atoms with Gasteiger partial charge in [-0.1, -0.05) is 38.2 Å². The van der Waals surface area contributed by atoms with E-state index in [9.17, 15) is 37.5 Å². The van der Waals surface area contributed by atoms with Crippen LogP contribution in [0.15, 0.2) is 24.3 Å². The molecule has 38 heavy (non-hydrogen) atoms. The smallest absolute Gasteiger partial charge is 0.383 e. The Hall–Kier alpha value is -2.73. The molecule has 3 N–H and O–H groups in total. The number of hydrogen-bond donors (Lipinski definition) is 3. The van der Waals surface area contributed by atoms with E-state index in [0.717, 1.165) is 6.42 Å². The number of aliphatic hydroxyl groups is 1. The Morgan fingerprint density at radius 3 is 2.58 bits per heavy atom. The Morgan fingerprint density at radius 1 is 1.26 bits per heavy atom. The van der Waals surface area contributed by atoms with Crippen molar-refractivity contribution >= 4 is 23.5 Å². The Labute approximate surface area is 219 Å². The zero-order valence-electron chi connectivity index (χ0n) is 21.6. The lowest BCUT2D eigenvalue weighted by Gasteiger charge is -2.29. The van der Waals surface area contributed by atoms with Crippen LogP contribution in [0.3, 0.4) is 0 Å². The van der Waals surface area contributed by atoms with Gasteiger partial charge in [-0.05, 0) is 49.9 Å². The van der Waals surface area contributed by atoms with Crippen molar-refractivity contribution in [2.24, 2.45) is 23.7 Å². The average Bonchev–Trinajstić information content (AvgIpc) is 3.48. The van der Waals surface area contributed by atoms with E-state index in [2.05, 4.69) is 15.4 Å². The van der Waals surface area contributed by atoms with E-state index in [1.165, 1.54) is 4.90 Å². The summed E-state index contributed by atoms with van der Waals surface area (Å²) in [5, 5.41) is 15.6. The van der Waals surface area contributed by atoms with Crippen LogP contribution in [0.5, 0.6) is 0 Å². The zero-order valence-corrected chi connectivity index (χ0v) is 21.6. The largest absolute Gasteiger partial charge is 0.522 e. The van der Waals surface area contributed by atoms with Gasteiger partial charge in [-0.2, -0.15) is 0 Å². The predicted octanol–water partition coefficient (Wildman–Crippen LogP) is 1.86. The monoisotopic (exact) mass is 543 g/mol. The Bertz CT molecular complexity index is 951. The van der Waals surface area contributed by atoms with Gasteiger partial charge in [0.2, 0.25) is 11.8 Å². The lowest BCUT2D eigenvalue weighted by Crippen LogP contribution is -2.53. The fourth-order valence-corrected chi connectivity index (χ4v) is 5.31. The Balaban J connectivity index is 1.79. The topological polar surface area (TPSA) is 125 Å². The van der Waals surface area contributed by atoms with Gasteiger partial charge < -0.3 is 20.6 Å². The summed E-state index contributed by atoms with van der Waals surface area (Å²) >= 11 is 0. The molecule has 2 saturated heterocycles. The number of halogens is 3. The molecule has 9 nitrogen and oxygen atoms in total. The number of ketones is 1. The first kappa shape index (κ1) is 29.8. The van der Waals surface area contributed by atoms with Gasteiger partial charge in [0.25, 0.3) is 5.91 Å². The molecule has 1 aliphatic carbocycles. The summed E-state index contributed by atoms with van der Waals surface area (Å²) in [6, 6.07) is -2.43. The summed E-state index contributed by atoms with van der Waals surface area (Å²) in [4.78, 5) is 52.7. The number of rotatable bonds is 11. The number of amides is 3. The molecule has 12 heteroatoms. The molecular formula is C26H36F3N3O6. The summed E-state index contributed by atoms with van der Waals surface area (Å²) in [6.07, 6.45) is 2.80. The van der Waals surface area contributed by atoms with Gasteiger partial charge >= 0.3 is 6.36 Å². The predicted molar refractivity (Wildman–Crippen MR) is 130 cm³/mol. The van der Waals surface area contributed by atoms with Gasteiger partial charge in [0.1, 0.15) is 18.8 Å². The van der Waals surface area contributed by atoms with Crippen LogP contribution in [-0.4, -0.2) is 77.8 Å². The third-order valence-electron chi connectivity index (χ3n) is 7.28. The molecule has 212 valence electrons. The second-order valence-electron chi connectivity index (χ2n) is 10.6. The van der Waals surface area contributed by atoms with Crippen LogP contribution >= 0.6 is 0 Å². The SMILES string of the molecule is CC(C)C[C@@H](O)C(=O)N1C[C@H](C2C=CC=CC2)C[C@H]1C(=O)N[C@@H](C[C@@H]1CCNC1=O)C(=O)COC(F)(F)F. The summed E-state index contributed by atoms with van der Waals surface area (Å²) in [6.45, 7) is 2.97. The highest BCUT2D eigenvalue weighted by Gasteiger charge is 2.44. The van der Waals surface area contributed by atoms with Crippen molar-refractivity contribution in [1.29, 1.82) is 0 Å². The van der Waals surface area contributed by atoms with E-state index in [4.69, 9.17) is 0 Å². The van der Waals surface area contributed by atoms with E-state index < -0.39 is 54.7 Å². The molecule has 3 amide bonds. The van der Waals surface area contributed by atoms with Crippen molar-refractivity contribution in [2.45, 2.75) is 70.5 Å². The number of carbonyl (C=O) groups excluding carboxylic acids is 4. The maximum absolute atomic E-state index is 13.5. The number of ether oxygens (including phenoxy) is 1. The molecule has 0 radical (unpaired) electrons. The number of hydrogen-bond acceptors (Lipinski definition) is 6. The van der Waals surface area contributed by atoms with Crippen LogP contribution in [0.2, 0.25) is 0 Å². The Kier molecular flexibility index (Phi) is 10.1. The van der Waals surface area contributed by atoms with Gasteiger partial charge in [-0.3, -0.25) is 23.9 Å². The molecular weight excluding hydrogens is 507 g/mol. The van der Waals surface area contributed by atoms with Crippen molar-refractivity contribution in [3.8, 4) is 0 Å². The molecule has 0 aromatic rings. The zero-order chi connectivity index (χ0) is 28.0. The van der Waals surface area contributed by atoms with E-state index in [1.807, 2.05) is 38.2 Å². The van der Waals surface area contributed by atoms with Crippen LogP contribution in [0.4, 0.5) is 13.2 Å². The third kappa shape index (κ3) is 8.13. The molecule has 0 bridgehead atoms. The van der Waals surface area contributed by atoms with Gasteiger partial charge in [-0.25, -0.2) is 0 Å². The van der Waals surface area contributed by atoms with Crippen LogP contribution < -0.4 is 10.6 Å². The molecule has 3 aliphatic rings. The summed E-state index contributed by atoms with van der Waals surface area (Å²) in [5.74, 6) is -3.34. The van der Waals surface area contributed by atoms with Crippen LogP contribution in [0.25, 0.3) is 0 Å². The highest BCUT2D eigenvalue weighted by molar-refractivity contribution is 5.94. The highest BCUT2D eigenvalue weighted by atomic mass is 19.4. The average molecular weight is 544 g/mol. The fourth-order valence-electron chi connectivity index (χ4n) is 5.31. The molecule has 3 rings (SSSR count). The quantitative estimate of drug-likeness (QED) is 0.366. The number of carbonyl (C=O) groups is 4. The second kappa shape index (κ2) is 12.9. The molecule has 2 fully saturated rings. The van der Waals surface area contributed by atoms with Gasteiger partial charge in [-0.15, -0.1) is 13.2 Å². The van der Waals surface area contributed by atoms with Crippen LogP contribution in [0, 0.1) is 23.7 Å². The molecule has 0 aromatic heterocycles. The molecule has 0 saturated carbocycles. The van der Waals surface area contributed by atoms with E-state index in [0.29, 0.717) is 13.0 Å². The van der Waals surface area contributed by atoms with E-state index >= 15 is 0 Å². The second-order valence-corrected chi connectivity index (χ2v) is 10.6. The molecule has 0 spiro atoms. The highest BCUT2D eigenvalue weighted by Crippen LogP contribution is 2.34. The minimum atomic E-state index is -5.04. The lowest BCUT2D eigenvalue weighted by molar-refractivity contribution is -0.321. The maximum Gasteiger partial charge on any atom is 0.522 e. The van der Waals surface area contributed by atoms with Crippen LogP contribution in [0.1, 0.15) is 46.0 Å². The number of aliphatic hydroxyl groups excluding tert-OH is 1. The first-order chi connectivity index (χ1) is 17.9. The minimum absolute atomic E-state index is 0.0271. The van der Waals surface area contributed by atoms with Gasteiger partial charge in [0.15, 0.2) is 5.78 Å². The first-order valence-electron chi connectivity index (χ1n) is 13.0. The standard InChI is InChI=1S/C26H36F3N3O6/c1-15(2)10-21(33)25(37)32-13-18(16-6-4-3-5-7-16)12-20(32)24(36)31-19(11-17-8-9-30-23(17)35)22(34)14-38-26(27,28)29/h3-6,15-21,33H,7-14H2,1-2H3,(H,30,35)(H,31,36)/t16?,17-,18+,19-,20-,21+/m0/s1. The third-order valence-corrected chi connectivity index (χ3v) is 7.28. The maximum atomic E-state index is 13.5. The number of alkyl halides is 3. The number of Topliss-reactive ketones (excluding diaryl/α,β-unsaturated/α-hetero) is 1. The molecule has 1 unspecified atom stereocenters. The van der Waals surface area contributed by atoms with Crippen molar-refractivity contribution in [1.82, 2.24) is 15.5 Å². The van der Waals surface area contributed by atoms with Crippen molar-refractivity contribution in [3.63, 3.8) is 0 Å². The lowest BCUT2D eigenvalue weighted by atomic mass is 9.85. The van der Waals surface area contributed by atoms with Crippen molar-refractivity contribution in [2.75, 3.05) is 19.7 Å². The van der Waals surface area contributed by atoms with Crippen molar-refractivity contribution < 1.29 is 42.2 Å². The van der Waals surface area contributed by atoms with Gasteiger partial charge in [0, 0.05) is 19.0 Å². The minimum Gasteiger partial charge on any atom is -0.383 e. The van der Waals surface area contributed by atoms with Crippen molar-refractivity contribution in [3.05, 3.63) is 24.3 Å². The normalized spacial score (nSPS) is 26.9. The number of nitrogens with zero attached hydrogens (tertiary/aromatic N) is 1. The van der Waals surface area contributed by atoms with Crippen LogP contribution in [-0.2, 0) is 23.9 Å². The Morgan fingerprint density at radius 2 is 2.00 bits per heavy atom. The molecule has 6 atom stereocenters. The summed E-state index contributed by atoms with van der Waals surface area (Å²) in [7, 11) is 0.